The highest BCUT2D eigenvalue weighted by Crippen LogP contribution is 2.25. The van der Waals surface area contributed by atoms with Gasteiger partial charge in [0, 0.05) is 24.7 Å². The van der Waals surface area contributed by atoms with E-state index in [4.69, 9.17) is 5.73 Å². The van der Waals surface area contributed by atoms with Crippen LogP contribution in [0.5, 0.6) is 0 Å². The van der Waals surface area contributed by atoms with E-state index in [9.17, 15) is 0 Å². The molecular formula is C12H27N3. The van der Waals surface area contributed by atoms with Crippen LogP contribution >= 0.6 is 0 Å². The third-order valence-electron chi connectivity index (χ3n) is 3.48. The van der Waals surface area contributed by atoms with E-state index in [1.165, 1.54) is 25.8 Å². The maximum Gasteiger partial charge on any atom is 0.0278 e. The Morgan fingerprint density at radius 2 is 2.00 bits per heavy atom. The molecule has 1 atom stereocenters. The van der Waals surface area contributed by atoms with Crippen molar-refractivity contribution in [3.63, 3.8) is 0 Å². The van der Waals surface area contributed by atoms with Crippen molar-refractivity contribution in [2.45, 2.75) is 44.7 Å². The second-order valence-electron chi connectivity index (χ2n) is 5.62. The van der Waals surface area contributed by atoms with Gasteiger partial charge in [-0.2, -0.15) is 0 Å². The molecule has 0 spiro atoms. The zero-order valence-corrected chi connectivity index (χ0v) is 10.8. The minimum Gasteiger partial charge on any atom is -0.329 e. The summed E-state index contributed by atoms with van der Waals surface area (Å²) in [5.74, 6) is 0. The first kappa shape index (κ1) is 12.9. The maximum atomic E-state index is 5.87. The number of piperidine rings is 1. The Hall–Kier alpha value is -0.120. The summed E-state index contributed by atoms with van der Waals surface area (Å²) in [7, 11) is 4.31. The summed E-state index contributed by atoms with van der Waals surface area (Å²) in [5.41, 5.74) is 6.03. The van der Waals surface area contributed by atoms with Crippen LogP contribution in [0.15, 0.2) is 0 Å². The summed E-state index contributed by atoms with van der Waals surface area (Å²) < 4.78 is 0. The largest absolute Gasteiger partial charge is 0.329 e. The highest BCUT2D eigenvalue weighted by Gasteiger charge is 2.33. The fraction of sp³-hybridized carbons (Fsp3) is 1.00. The Balaban J connectivity index is 2.65. The van der Waals surface area contributed by atoms with Crippen molar-refractivity contribution in [3.8, 4) is 0 Å². The van der Waals surface area contributed by atoms with Gasteiger partial charge in [0.05, 0.1) is 0 Å². The van der Waals surface area contributed by atoms with Crippen molar-refractivity contribution < 1.29 is 0 Å². The summed E-state index contributed by atoms with van der Waals surface area (Å²) in [4.78, 5) is 4.89. The lowest BCUT2D eigenvalue weighted by Crippen LogP contribution is -2.58. The lowest BCUT2D eigenvalue weighted by molar-refractivity contribution is 0.0327. The van der Waals surface area contributed by atoms with Gasteiger partial charge in [0.2, 0.25) is 0 Å². The molecular weight excluding hydrogens is 186 g/mol. The van der Waals surface area contributed by atoms with Crippen molar-refractivity contribution in [2.24, 2.45) is 5.73 Å². The average Bonchev–Trinajstić information content (AvgIpc) is 2.17. The highest BCUT2D eigenvalue weighted by molar-refractivity contribution is 4.90. The zero-order chi connectivity index (χ0) is 11.5. The van der Waals surface area contributed by atoms with Gasteiger partial charge in [-0.3, -0.25) is 4.90 Å². The first-order chi connectivity index (χ1) is 6.97. The lowest BCUT2D eigenvalue weighted by atomic mass is 9.93. The Morgan fingerprint density at radius 1 is 1.33 bits per heavy atom. The van der Waals surface area contributed by atoms with Crippen LogP contribution in [0.3, 0.4) is 0 Å². The number of likely N-dealkylation sites (tertiary alicyclic amines) is 1. The molecule has 1 aliphatic heterocycles. The van der Waals surface area contributed by atoms with Crippen molar-refractivity contribution >= 4 is 0 Å². The predicted molar refractivity (Wildman–Crippen MR) is 66.0 cm³/mol. The number of nitrogens with zero attached hydrogens (tertiary/aromatic N) is 2. The monoisotopic (exact) mass is 213 g/mol. The van der Waals surface area contributed by atoms with Crippen LogP contribution in [0.2, 0.25) is 0 Å². The van der Waals surface area contributed by atoms with E-state index in [0.29, 0.717) is 6.04 Å². The molecule has 1 aliphatic rings. The van der Waals surface area contributed by atoms with Crippen molar-refractivity contribution in [1.82, 2.24) is 9.80 Å². The van der Waals surface area contributed by atoms with E-state index in [-0.39, 0.29) is 5.54 Å². The van der Waals surface area contributed by atoms with E-state index in [2.05, 4.69) is 37.7 Å². The molecule has 0 bridgehead atoms. The van der Waals surface area contributed by atoms with Gasteiger partial charge in [-0.1, -0.05) is 6.42 Å². The molecule has 1 heterocycles. The standard InChI is InChI=1S/C12H27N3/c1-12(2,10-13)15-8-6-5-7-11(15)9-14(3)4/h11H,5-10,13H2,1-4H3. The Labute approximate surface area is 94.6 Å². The van der Waals surface area contributed by atoms with Gasteiger partial charge in [-0.05, 0) is 47.3 Å². The number of likely N-dealkylation sites (N-methyl/N-ethyl adjacent to an activating group) is 1. The fourth-order valence-electron chi connectivity index (χ4n) is 2.53. The molecule has 3 heteroatoms. The molecule has 0 aliphatic carbocycles. The minimum absolute atomic E-state index is 0.154. The highest BCUT2D eigenvalue weighted by atomic mass is 15.3. The molecule has 1 unspecified atom stereocenters. The molecule has 15 heavy (non-hydrogen) atoms. The van der Waals surface area contributed by atoms with Gasteiger partial charge >= 0.3 is 0 Å². The topological polar surface area (TPSA) is 32.5 Å². The molecule has 90 valence electrons. The van der Waals surface area contributed by atoms with E-state index >= 15 is 0 Å². The van der Waals surface area contributed by atoms with Crippen LogP contribution < -0.4 is 5.73 Å². The summed E-state index contributed by atoms with van der Waals surface area (Å²) in [6.45, 7) is 7.64. The molecule has 0 amide bonds. The van der Waals surface area contributed by atoms with Gasteiger partial charge in [-0.15, -0.1) is 0 Å². The van der Waals surface area contributed by atoms with Gasteiger partial charge in [-0.25, -0.2) is 0 Å². The van der Waals surface area contributed by atoms with E-state index < -0.39 is 0 Å². The zero-order valence-electron chi connectivity index (χ0n) is 10.8. The van der Waals surface area contributed by atoms with Crippen LogP contribution in [0.25, 0.3) is 0 Å². The van der Waals surface area contributed by atoms with Crippen molar-refractivity contribution in [2.75, 3.05) is 33.7 Å². The Kier molecular flexibility index (Phi) is 4.56. The number of nitrogens with two attached hydrogens (primary N) is 1. The first-order valence-electron chi connectivity index (χ1n) is 6.09. The quantitative estimate of drug-likeness (QED) is 0.760. The molecule has 0 aromatic carbocycles. The van der Waals surface area contributed by atoms with E-state index in [1.807, 2.05) is 0 Å². The second-order valence-corrected chi connectivity index (χ2v) is 5.62. The molecule has 0 aromatic rings. The van der Waals surface area contributed by atoms with Crippen molar-refractivity contribution in [3.05, 3.63) is 0 Å². The predicted octanol–water partition coefficient (Wildman–Crippen LogP) is 1.14. The number of hydrogen-bond acceptors (Lipinski definition) is 3. The van der Waals surface area contributed by atoms with Crippen LogP contribution in [-0.2, 0) is 0 Å². The fourth-order valence-corrected chi connectivity index (χ4v) is 2.53. The maximum absolute atomic E-state index is 5.87. The SMILES string of the molecule is CN(C)CC1CCCCN1C(C)(C)CN. The number of rotatable bonds is 4. The van der Waals surface area contributed by atoms with Gasteiger partial charge in [0.25, 0.3) is 0 Å². The average molecular weight is 213 g/mol. The molecule has 0 radical (unpaired) electrons. The summed E-state index contributed by atoms with van der Waals surface area (Å²) in [6, 6.07) is 0.687. The van der Waals surface area contributed by atoms with Crippen molar-refractivity contribution in [1.29, 1.82) is 0 Å². The Morgan fingerprint density at radius 3 is 2.53 bits per heavy atom. The van der Waals surface area contributed by atoms with Gasteiger partial charge < -0.3 is 10.6 Å². The third-order valence-corrected chi connectivity index (χ3v) is 3.48. The summed E-state index contributed by atoms with van der Waals surface area (Å²) >= 11 is 0. The molecule has 1 saturated heterocycles. The van der Waals surface area contributed by atoms with Crippen LogP contribution in [0.1, 0.15) is 33.1 Å². The Bertz CT molecular complexity index is 189. The van der Waals surface area contributed by atoms with Crippen LogP contribution in [-0.4, -0.2) is 55.1 Å². The normalized spacial score (nSPS) is 24.8. The van der Waals surface area contributed by atoms with E-state index in [0.717, 1.165) is 13.1 Å². The van der Waals surface area contributed by atoms with Gasteiger partial charge in [0.15, 0.2) is 0 Å². The summed E-state index contributed by atoms with van der Waals surface area (Å²) in [5, 5.41) is 0. The van der Waals surface area contributed by atoms with Crippen LogP contribution in [0.4, 0.5) is 0 Å². The molecule has 1 rings (SSSR count). The molecule has 1 fully saturated rings. The lowest BCUT2D eigenvalue weighted by Gasteiger charge is -2.46. The summed E-state index contributed by atoms with van der Waals surface area (Å²) in [6.07, 6.45) is 4.02. The molecule has 2 N–H and O–H groups in total. The van der Waals surface area contributed by atoms with Gasteiger partial charge in [0.1, 0.15) is 0 Å². The van der Waals surface area contributed by atoms with E-state index in [1.54, 1.807) is 0 Å². The second kappa shape index (κ2) is 5.28. The minimum atomic E-state index is 0.154. The smallest absolute Gasteiger partial charge is 0.0278 e. The van der Waals surface area contributed by atoms with Crippen LogP contribution in [0, 0.1) is 0 Å². The molecule has 0 saturated carbocycles. The third kappa shape index (κ3) is 3.44. The first-order valence-corrected chi connectivity index (χ1v) is 6.09. The number of hydrogen-bond donors (Lipinski definition) is 1. The molecule has 3 nitrogen and oxygen atoms in total. The molecule has 0 aromatic heterocycles.